The number of halogens is 2. The van der Waals surface area contributed by atoms with Gasteiger partial charge in [0.25, 0.3) is 0 Å². The Balaban J connectivity index is 1.12. The lowest BCUT2D eigenvalue weighted by molar-refractivity contribution is -0.139. The number of ether oxygens (including phenoxy) is 1. The Morgan fingerprint density at radius 1 is 1.06 bits per heavy atom. The molecule has 0 aliphatic carbocycles. The molecule has 0 atom stereocenters. The second-order valence-electron chi connectivity index (χ2n) is 13.5. The number of carbonyl (C=O) groups excluding carboxylic acids is 1. The predicted molar refractivity (Wildman–Crippen MR) is 184 cm³/mol. The molecular formula is C36H39F2N7O2S. The van der Waals surface area contributed by atoms with Crippen LogP contribution in [0.5, 0.6) is 0 Å². The number of carbonyl (C=O) groups is 1. The highest BCUT2D eigenvalue weighted by Crippen LogP contribution is 2.41. The SMILES string of the molecule is CC(C)c1cc(N(C)c2nc(-c3ccc(F)cc3)c(C#N)s2)c2cc(N3CCN(C(=O)CN4CC5(CCOCC5)C4)CC3)cc(F)c2n1. The Labute approximate surface area is 283 Å². The Bertz CT molecular complexity index is 1870. The van der Waals surface area contributed by atoms with E-state index in [2.05, 4.69) is 15.9 Å². The van der Waals surface area contributed by atoms with Crippen molar-refractivity contribution >= 4 is 44.7 Å². The van der Waals surface area contributed by atoms with Crippen molar-refractivity contribution in [2.75, 3.05) is 75.9 Å². The van der Waals surface area contributed by atoms with Gasteiger partial charge in [0.15, 0.2) is 10.9 Å². The van der Waals surface area contributed by atoms with Crippen LogP contribution in [0.1, 0.15) is 43.2 Å². The summed E-state index contributed by atoms with van der Waals surface area (Å²) in [5.74, 6) is -0.585. The molecule has 2 aromatic carbocycles. The summed E-state index contributed by atoms with van der Waals surface area (Å²) in [6, 6.07) is 13.6. The lowest BCUT2D eigenvalue weighted by Crippen LogP contribution is -2.61. The average Bonchev–Trinajstić information content (AvgIpc) is 3.52. The normalized spacial score (nSPS) is 17.9. The molecule has 0 radical (unpaired) electrons. The van der Waals surface area contributed by atoms with Crippen molar-refractivity contribution in [2.45, 2.75) is 32.6 Å². The van der Waals surface area contributed by atoms with Gasteiger partial charge in [-0.15, -0.1) is 0 Å². The van der Waals surface area contributed by atoms with E-state index in [-0.39, 0.29) is 23.2 Å². The smallest absolute Gasteiger partial charge is 0.236 e. The Morgan fingerprint density at radius 2 is 1.77 bits per heavy atom. The fourth-order valence-electron chi connectivity index (χ4n) is 7.10. The summed E-state index contributed by atoms with van der Waals surface area (Å²) in [7, 11) is 1.85. The zero-order valence-corrected chi connectivity index (χ0v) is 28.3. The summed E-state index contributed by atoms with van der Waals surface area (Å²) in [6.07, 6.45) is 2.15. The number of amides is 1. The number of piperazine rings is 1. The number of fused-ring (bicyclic) bond motifs is 1. The van der Waals surface area contributed by atoms with E-state index >= 15 is 4.39 Å². The summed E-state index contributed by atoms with van der Waals surface area (Å²) < 4.78 is 35.1. The largest absolute Gasteiger partial charge is 0.381 e. The maximum Gasteiger partial charge on any atom is 0.236 e. The number of rotatable bonds is 7. The van der Waals surface area contributed by atoms with Crippen LogP contribution in [0.25, 0.3) is 22.2 Å². The van der Waals surface area contributed by atoms with Crippen LogP contribution < -0.4 is 9.80 Å². The maximum atomic E-state index is 15.9. The molecule has 1 amide bonds. The molecule has 0 saturated carbocycles. The van der Waals surface area contributed by atoms with Gasteiger partial charge in [0.2, 0.25) is 5.91 Å². The van der Waals surface area contributed by atoms with Crippen LogP contribution in [-0.4, -0.2) is 91.7 Å². The van der Waals surface area contributed by atoms with E-state index in [0.717, 1.165) is 56.2 Å². The third kappa shape index (κ3) is 6.22. The van der Waals surface area contributed by atoms with Crippen molar-refractivity contribution in [1.29, 1.82) is 5.26 Å². The molecule has 5 heterocycles. The van der Waals surface area contributed by atoms with Crippen molar-refractivity contribution in [3.05, 3.63) is 64.7 Å². The van der Waals surface area contributed by atoms with E-state index in [0.29, 0.717) is 64.8 Å². The Kier molecular flexibility index (Phi) is 8.79. The van der Waals surface area contributed by atoms with E-state index in [1.165, 1.54) is 29.5 Å². The molecular weight excluding hydrogens is 633 g/mol. The predicted octanol–water partition coefficient (Wildman–Crippen LogP) is 6.16. The number of pyridine rings is 1. The highest BCUT2D eigenvalue weighted by Gasteiger charge is 2.44. The van der Waals surface area contributed by atoms with Crippen LogP contribution in [0.2, 0.25) is 0 Å². The molecule has 12 heteroatoms. The Hall–Kier alpha value is -4.18. The van der Waals surface area contributed by atoms with Gasteiger partial charge in [0.1, 0.15) is 28.0 Å². The van der Waals surface area contributed by atoms with Crippen LogP contribution in [-0.2, 0) is 9.53 Å². The van der Waals surface area contributed by atoms with Gasteiger partial charge in [-0.05, 0) is 61.2 Å². The summed E-state index contributed by atoms with van der Waals surface area (Å²) in [5, 5.41) is 11.1. The van der Waals surface area contributed by atoms with Crippen molar-refractivity contribution in [2.24, 2.45) is 5.41 Å². The standard InChI is InChI=1S/C36H39F2N7O2S/c1-23(2)29-18-30(42(3)35-41-33(31(19-39)48-35)24-4-6-25(37)7-5-24)27-16-26(17-28(38)34(27)40-29)44-10-12-45(13-11-44)32(46)20-43-21-36(22-43)8-14-47-15-9-36/h4-7,16-18,23H,8-15,20-22H2,1-3H3. The van der Waals surface area contributed by atoms with Gasteiger partial charge in [0.05, 0.1) is 12.2 Å². The number of benzene rings is 2. The molecule has 4 aromatic rings. The Morgan fingerprint density at radius 3 is 2.44 bits per heavy atom. The number of aromatic nitrogens is 2. The lowest BCUT2D eigenvalue weighted by Gasteiger charge is -2.52. The summed E-state index contributed by atoms with van der Waals surface area (Å²) in [5.41, 5.74) is 3.91. The second kappa shape index (κ2) is 13.0. The average molecular weight is 672 g/mol. The molecule has 0 bridgehead atoms. The van der Waals surface area contributed by atoms with Crippen molar-refractivity contribution in [3.8, 4) is 17.3 Å². The van der Waals surface area contributed by atoms with Crippen LogP contribution in [0.15, 0.2) is 42.5 Å². The van der Waals surface area contributed by atoms with E-state index < -0.39 is 5.82 Å². The summed E-state index contributed by atoms with van der Waals surface area (Å²) in [4.78, 5) is 31.2. The molecule has 3 saturated heterocycles. The third-order valence-electron chi connectivity index (χ3n) is 9.95. The van der Waals surface area contributed by atoms with E-state index in [1.54, 1.807) is 12.1 Å². The van der Waals surface area contributed by atoms with Crippen LogP contribution >= 0.6 is 11.3 Å². The number of likely N-dealkylation sites (tertiary alicyclic amines) is 1. The number of nitrogens with zero attached hydrogens (tertiary/aromatic N) is 7. The first-order valence-corrected chi connectivity index (χ1v) is 17.3. The van der Waals surface area contributed by atoms with Crippen molar-refractivity contribution < 1.29 is 18.3 Å². The molecule has 250 valence electrons. The summed E-state index contributed by atoms with van der Waals surface area (Å²) in [6.45, 7) is 10.4. The van der Waals surface area contributed by atoms with Crippen LogP contribution in [0.3, 0.4) is 0 Å². The number of anilines is 3. The molecule has 0 unspecified atom stereocenters. The van der Waals surface area contributed by atoms with Gasteiger partial charge >= 0.3 is 0 Å². The highest BCUT2D eigenvalue weighted by atomic mass is 32.1. The zero-order valence-electron chi connectivity index (χ0n) is 27.5. The molecule has 7 rings (SSSR count). The quantitative estimate of drug-likeness (QED) is 0.231. The van der Waals surface area contributed by atoms with E-state index in [9.17, 15) is 14.4 Å². The number of nitriles is 1. The molecule has 3 aliphatic heterocycles. The minimum absolute atomic E-state index is 0.0467. The van der Waals surface area contributed by atoms with Crippen molar-refractivity contribution in [1.82, 2.24) is 19.8 Å². The summed E-state index contributed by atoms with van der Waals surface area (Å²) >= 11 is 1.23. The molecule has 9 nitrogen and oxygen atoms in total. The first-order valence-electron chi connectivity index (χ1n) is 16.5. The molecule has 48 heavy (non-hydrogen) atoms. The van der Waals surface area contributed by atoms with Crippen molar-refractivity contribution in [3.63, 3.8) is 0 Å². The molecule has 3 fully saturated rings. The number of hydrogen-bond acceptors (Lipinski definition) is 9. The fourth-order valence-corrected chi connectivity index (χ4v) is 7.96. The van der Waals surface area contributed by atoms with Crippen LogP contribution in [0, 0.1) is 28.4 Å². The monoisotopic (exact) mass is 671 g/mol. The van der Waals surface area contributed by atoms with E-state index in [4.69, 9.17) is 14.7 Å². The molecule has 3 aliphatic rings. The van der Waals surface area contributed by atoms with Crippen LogP contribution in [0.4, 0.5) is 25.3 Å². The molecule has 2 aromatic heterocycles. The highest BCUT2D eigenvalue weighted by molar-refractivity contribution is 7.16. The maximum absolute atomic E-state index is 15.9. The molecule has 0 N–H and O–H groups in total. The number of hydrogen-bond donors (Lipinski definition) is 0. The number of thiazole rings is 1. The van der Waals surface area contributed by atoms with Gasteiger partial charge in [0, 0.05) is 87.3 Å². The third-order valence-corrected chi connectivity index (χ3v) is 11.0. The minimum Gasteiger partial charge on any atom is -0.381 e. The van der Waals surface area contributed by atoms with Gasteiger partial charge in [-0.2, -0.15) is 5.26 Å². The second-order valence-corrected chi connectivity index (χ2v) is 14.5. The van der Waals surface area contributed by atoms with Gasteiger partial charge in [-0.1, -0.05) is 25.2 Å². The van der Waals surface area contributed by atoms with E-state index in [1.807, 2.05) is 42.8 Å². The zero-order chi connectivity index (χ0) is 33.6. The lowest BCUT2D eigenvalue weighted by atomic mass is 9.73. The van der Waals surface area contributed by atoms with Gasteiger partial charge in [-0.3, -0.25) is 9.69 Å². The topological polar surface area (TPSA) is 88.8 Å². The van der Waals surface area contributed by atoms with Gasteiger partial charge < -0.3 is 19.4 Å². The van der Waals surface area contributed by atoms with Gasteiger partial charge in [-0.25, -0.2) is 18.7 Å². The first kappa shape index (κ1) is 32.4. The minimum atomic E-state index is -0.415. The fraction of sp³-hybridized carbons (Fsp3) is 0.444. The first-order chi connectivity index (χ1) is 23.1. The molecule has 1 spiro atoms.